The highest BCUT2D eigenvalue weighted by atomic mass is 19.1. The van der Waals surface area contributed by atoms with Crippen molar-refractivity contribution in [2.75, 3.05) is 6.67 Å². The molecule has 0 aliphatic heterocycles. The maximum atomic E-state index is 13.3. The zero-order valence-corrected chi connectivity index (χ0v) is 22.5. The fourth-order valence-electron chi connectivity index (χ4n) is 4.01. The van der Waals surface area contributed by atoms with E-state index in [0.717, 1.165) is 5.56 Å². The monoisotopic (exact) mass is 506 g/mol. The van der Waals surface area contributed by atoms with Crippen LogP contribution in [0.25, 0.3) is 0 Å². The molecule has 2 amide bonds. The fraction of sp³-hybridized carbons (Fsp3) is 0.643. The third-order valence-corrected chi connectivity index (χ3v) is 5.72. The molecular weight excluding hydrogens is 463 g/mol. The van der Waals surface area contributed by atoms with Gasteiger partial charge >= 0.3 is 6.09 Å². The maximum absolute atomic E-state index is 13.3. The van der Waals surface area contributed by atoms with Crippen LogP contribution in [0.4, 0.5) is 9.18 Å². The highest BCUT2D eigenvalue weighted by Crippen LogP contribution is 2.20. The van der Waals surface area contributed by atoms with Crippen LogP contribution in [0, 0.1) is 23.7 Å². The Balaban J connectivity index is 2.91. The number of halogens is 1. The molecule has 0 heterocycles. The van der Waals surface area contributed by atoms with Crippen molar-refractivity contribution in [3.05, 3.63) is 35.9 Å². The van der Waals surface area contributed by atoms with E-state index < -0.39 is 42.5 Å². The molecule has 0 aliphatic carbocycles. The van der Waals surface area contributed by atoms with Crippen LogP contribution in [-0.4, -0.2) is 42.3 Å². The van der Waals surface area contributed by atoms with E-state index >= 15 is 0 Å². The summed E-state index contributed by atoms with van der Waals surface area (Å²) in [4.78, 5) is 50.8. The largest absolute Gasteiger partial charge is 0.445 e. The van der Waals surface area contributed by atoms with Gasteiger partial charge in [0.25, 0.3) is 0 Å². The lowest BCUT2D eigenvalue weighted by Gasteiger charge is -2.25. The van der Waals surface area contributed by atoms with E-state index in [4.69, 9.17) is 4.74 Å². The van der Waals surface area contributed by atoms with Crippen LogP contribution < -0.4 is 10.6 Å². The van der Waals surface area contributed by atoms with Crippen molar-refractivity contribution in [2.24, 2.45) is 23.7 Å². The number of benzene rings is 1. The van der Waals surface area contributed by atoms with Gasteiger partial charge in [0.05, 0.1) is 12.1 Å². The van der Waals surface area contributed by atoms with Crippen molar-refractivity contribution in [1.82, 2.24) is 10.6 Å². The molecule has 1 aromatic rings. The van der Waals surface area contributed by atoms with Gasteiger partial charge in [0, 0.05) is 12.3 Å². The Bertz CT molecular complexity index is 842. The summed E-state index contributed by atoms with van der Waals surface area (Å²) >= 11 is 0. The normalized spacial score (nSPS) is 13.8. The molecule has 0 spiro atoms. The maximum Gasteiger partial charge on any atom is 0.408 e. The van der Waals surface area contributed by atoms with Crippen molar-refractivity contribution < 1.29 is 28.3 Å². The van der Waals surface area contributed by atoms with Crippen molar-refractivity contribution in [3.8, 4) is 0 Å². The molecule has 1 unspecified atom stereocenters. The van der Waals surface area contributed by atoms with E-state index in [9.17, 15) is 23.6 Å². The van der Waals surface area contributed by atoms with Gasteiger partial charge in [-0.1, -0.05) is 71.9 Å². The lowest BCUT2D eigenvalue weighted by Crippen LogP contribution is -2.47. The standard InChI is InChI=1S/C28H43FN2O5/c1-18(2)12-22(27(34)30-24(14-20(5)6)26(33)16-29)15-25(32)23(13-19(3)4)31-28(35)36-17-21-10-8-7-9-11-21/h7-11,18-20,22-24H,12-17H2,1-6H3,(H,30,34)(H,31,35)/t22?,23-,24-/m0/s1. The molecule has 202 valence electrons. The van der Waals surface area contributed by atoms with E-state index in [2.05, 4.69) is 10.6 Å². The number of carbonyl (C=O) groups excluding carboxylic acids is 4. The summed E-state index contributed by atoms with van der Waals surface area (Å²) in [6.07, 6.45) is 0.335. The van der Waals surface area contributed by atoms with E-state index in [0.29, 0.717) is 19.3 Å². The number of amides is 2. The molecular formula is C28H43FN2O5. The van der Waals surface area contributed by atoms with E-state index in [1.165, 1.54) is 0 Å². The predicted molar refractivity (Wildman–Crippen MR) is 138 cm³/mol. The van der Waals surface area contributed by atoms with Crippen molar-refractivity contribution in [3.63, 3.8) is 0 Å². The number of rotatable bonds is 16. The Kier molecular flexibility index (Phi) is 14.0. The van der Waals surface area contributed by atoms with Gasteiger partial charge < -0.3 is 15.4 Å². The molecule has 0 fully saturated rings. The molecule has 0 aliphatic rings. The average Bonchev–Trinajstić information content (AvgIpc) is 2.80. The van der Waals surface area contributed by atoms with Crippen LogP contribution in [0.2, 0.25) is 0 Å². The quantitative estimate of drug-likeness (QED) is 0.328. The molecule has 2 N–H and O–H groups in total. The molecule has 8 heteroatoms. The minimum atomic E-state index is -1.16. The summed E-state index contributed by atoms with van der Waals surface area (Å²) in [6.45, 7) is 10.5. The zero-order chi connectivity index (χ0) is 27.3. The second-order valence-corrected chi connectivity index (χ2v) is 10.7. The molecule has 0 radical (unpaired) electrons. The van der Waals surface area contributed by atoms with Gasteiger partial charge in [0.15, 0.2) is 11.6 Å². The Hall–Kier alpha value is -2.77. The molecule has 1 aromatic carbocycles. The summed E-state index contributed by atoms with van der Waals surface area (Å²) in [7, 11) is 0. The lowest BCUT2D eigenvalue weighted by atomic mass is 9.87. The van der Waals surface area contributed by atoms with Crippen molar-refractivity contribution >= 4 is 23.6 Å². The summed E-state index contributed by atoms with van der Waals surface area (Å²) in [6, 6.07) is 7.48. The van der Waals surface area contributed by atoms with Gasteiger partial charge in [-0.05, 0) is 42.6 Å². The summed E-state index contributed by atoms with van der Waals surface area (Å²) in [5.41, 5.74) is 0.826. The molecule has 7 nitrogen and oxygen atoms in total. The van der Waals surface area contributed by atoms with Crippen LogP contribution >= 0.6 is 0 Å². The molecule has 0 aromatic heterocycles. The number of ketones is 2. The Labute approximate surface area is 214 Å². The molecule has 0 bridgehead atoms. The Morgan fingerprint density at radius 3 is 1.81 bits per heavy atom. The Morgan fingerprint density at radius 2 is 1.31 bits per heavy atom. The van der Waals surface area contributed by atoms with E-state index in [1.807, 2.05) is 71.9 Å². The van der Waals surface area contributed by atoms with Crippen LogP contribution in [0.3, 0.4) is 0 Å². The van der Waals surface area contributed by atoms with Gasteiger partial charge in [0.1, 0.15) is 13.3 Å². The first-order valence-corrected chi connectivity index (χ1v) is 12.8. The SMILES string of the molecule is CC(C)CC(CC(=O)[C@H](CC(C)C)NC(=O)OCc1ccccc1)C(=O)N[C@@H](CC(C)C)C(=O)CF. The third-order valence-electron chi connectivity index (χ3n) is 5.72. The molecule has 0 saturated heterocycles. The first kappa shape index (κ1) is 31.3. The number of Topliss-reactive ketones (excluding diaryl/α,β-unsaturated/α-hetero) is 2. The zero-order valence-electron chi connectivity index (χ0n) is 22.5. The Morgan fingerprint density at radius 1 is 0.778 bits per heavy atom. The van der Waals surface area contributed by atoms with Gasteiger partial charge in [-0.15, -0.1) is 0 Å². The van der Waals surface area contributed by atoms with Crippen LogP contribution in [0.15, 0.2) is 30.3 Å². The van der Waals surface area contributed by atoms with Crippen LogP contribution in [0.1, 0.15) is 72.8 Å². The fourth-order valence-corrected chi connectivity index (χ4v) is 4.01. The van der Waals surface area contributed by atoms with Gasteiger partial charge in [0.2, 0.25) is 5.91 Å². The number of alkyl halides is 1. The van der Waals surface area contributed by atoms with Gasteiger partial charge in [-0.2, -0.15) is 0 Å². The van der Waals surface area contributed by atoms with E-state index in [-0.39, 0.29) is 36.6 Å². The number of carbonyl (C=O) groups is 4. The smallest absolute Gasteiger partial charge is 0.408 e. The first-order chi connectivity index (χ1) is 16.9. The summed E-state index contributed by atoms with van der Waals surface area (Å²) in [5, 5.41) is 5.34. The lowest BCUT2D eigenvalue weighted by molar-refractivity contribution is -0.133. The van der Waals surface area contributed by atoms with Crippen LogP contribution in [0.5, 0.6) is 0 Å². The minimum absolute atomic E-state index is 0.0769. The second-order valence-electron chi connectivity index (χ2n) is 10.7. The molecule has 3 atom stereocenters. The predicted octanol–water partition coefficient (Wildman–Crippen LogP) is 5.02. The molecule has 0 saturated carbocycles. The number of alkyl carbamates (subject to hydrolysis) is 1. The number of hydrogen-bond donors (Lipinski definition) is 2. The highest BCUT2D eigenvalue weighted by molar-refractivity contribution is 5.94. The topological polar surface area (TPSA) is 102 Å². The van der Waals surface area contributed by atoms with Crippen molar-refractivity contribution in [1.29, 1.82) is 0 Å². The van der Waals surface area contributed by atoms with Crippen LogP contribution in [-0.2, 0) is 25.7 Å². The number of ether oxygens (including phenoxy) is 1. The average molecular weight is 507 g/mol. The first-order valence-electron chi connectivity index (χ1n) is 12.8. The minimum Gasteiger partial charge on any atom is -0.445 e. The van der Waals surface area contributed by atoms with Crippen molar-refractivity contribution in [2.45, 2.75) is 85.9 Å². The summed E-state index contributed by atoms with van der Waals surface area (Å²) in [5.74, 6) is -1.79. The van der Waals surface area contributed by atoms with Gasteiger partial charge in [-0.25, -0.2) is 9.18 Å². The highest BCUT2D eigenvalue weighted by Gasteiger charge is 2.31. The number of hydrogen-bond acceptors (Lipinski definition) is 5. The number of nitrogens with one attached hydrogen (secondary N) is 2. The van der Waals surface area contributed by atoms with Gasteiger partial charge in [-0.3, -0.25) is 14.4 Å². The van der Waals surface area contributed by atoms with E-state index in [1.54, 1.807) is 0 Å². The summed E-state index contributed by atoms with van der Waals surface area (Å²) < 4.78 is 18.4. The third kappa shape index (κ3) is 12.3. The molecule has 36 heavy (non-hydrogen) atoms. The second kappa shape index (κ2) is 16.1. The molecule has 1 rings (SSSR count).